The van der Waals surface area contributed by atoms with E-state index in [-0.39, 0.29) is 5.91 Å². The summed E-state index contributed by atoms with van der Waals surface area (Å²) >= 11 is 1.46. The van der Waals surface area contributed by atoms with Crippen LogP contribution < -0.4 is 5.48 Å². The molecule has 0 saturated heterocycles. The minimum atomic E-state index is -0.324. The maximum atomic E-state index is 12.4. The van der Waals surface area contributed by atoms with Gasteiger partial charge in [0.05, 0.1) is 17.9 Å². The molecule has 0 radical (unpaired) electrons. The van der Waals surface area contributed by atoms with Crippen molar-refractivity contribution in [2.45, 2.75) is 31.2 Å². The number of nitrogens with zero attached hydrogens (tertiary/aromatic N) is 2. The van der Waals surface area contributed by atoms with Crippen LogP contribution in [0, 0.1) is 13.8 Å². The Morgan fingerprint density at radius 2 is 2.00 bits per heavy atom. The number of aromatic nitrogens is 2. The third kappa shape index (κ3) is 4.50. The molecular formula is C19H19N3O3S. The molecule has 0 atom stereocenters. The quantitative estimate of drug-likeness (QED) is 0.504. The summed E-state index contributed by atoms with van der Waals surface area (Å²) in [5.41, 5.74) is 5.80. The molecule has 0 bridgehead atoms. The first kappa shape index (κ1) is 18.2. The third-order valence-corrected chi connectivity index (χ3v) is 4.83. The van der Waals surface area contributed by atoms with E-state index in [1.54, 1.807) is 18.3 Å². The average molecular weight is 369 g/mol. The Morgan fingerprint density at radius 3 is 2.73 bits per heavy atom. The van der Waals surface area contributed by atoms with E-state index in [9.17, 15) is 4.79 Å². The predicted octanol–water partition coefficient (Wildman–Crippen LogP) is 3.84. The van der Waals surface area contributed by atoms with Gasteiger partial charge in [-0.05, 0) is 31.5 Å². The molecule has 0 aliphatic rings. The fourth-order valence-corrected chi connectivity index (χ4v) is 3.49. The molecule has 2 aromatic heterocycles. The largest absolute Gasteiger partial charge is 0.361 e. The van der Waals surface area contributed by atoms with Gasteiger partial charge in [0, 0.05) is 17.5 Å². The lowest BCUT2D eigenvalue weighted by Crippen LogP contribution is -2.24. The van der Waals surface area contributed by atoms with E-state index in [0.717, 1.165) is 22.6 Å². The van der Waals surface area contributed by atoms with Crippen molar-refractivity contribution in [3.8, 4) is 0 Å². The van der Waals surface area contributed by atoms with Crippen LogP contribution in [0.15, 0.2) is 58.2 Å². The topological polar surface area (TPSA) is 77.2 Å². The summed E-state index contributed by atoms with van der Waals surface area (Å²) in [6.07, 6.45) is 1.66. The number of amides is 1. The number of benzene rings is 1. The molecule has 0 aliphatic carbocycles. The third-order valence-electron chi connectivity index (χ3n) is 3.80. The molecule has 3 rings (SSSR count). The molecule has 1 amide bonds. The van der Waals surface area contributed by atoms with Crippen molar-refractivity contribution < 1.29 is 14.2 Å². The second-order valence-corrected chi connectivity index (χ2v) is 6.62. The van der Waals surface area contributed by atoms with Gasteiger partial charge in [0.1, 0.15) is 10.8 Å². The SMILES string of the molecule is Cc1noc(C)c1CSc1ncccc1C(=O)NOCc1ccccc1. The highest BCUT2D eigenvalue weighted by molar-refractivity contribution is 7.98. The lowest BCUT2D eigenvalue weighted by molar-refractivity contribution is 0.0230. The van der Waals surface area contributed by atoms with Crippen LogP contribution in [0.4, 0.5) is 0 Å². The highest BCUT2D eigenvalue weighted by Crippen LogP contribution is 2.27. The standard InChI is InChI=1S/C19H19N3O3S/c1-13-17(14(2)25-21-13)12-26-19-16(9-6-10-20-19)18(23)22-24-11-15-7-4-3-5-8-15/h3-10H,11-12H2,1-2H3,(H,22,23). The molecule has 0 saturated carbocycles. The van der Waals surface area contributed by atoms with Crippen LogP contribution in [0.1, 0.15) is 32.9 Å². The molecule has 0 spiro atoms. The summed E-state index contributed by atoms with van der Waals surface area (Å²) in [7, 11) is 0. The lowest BCUT2D eigenvalue weighted by atomic mass is 10.2. The van der Waals surface area contributed by atoms with E-state index in [0.29, 0.717) is 22.9 Å². The zero-order valence-corrected chi connectivity index (χ0v) is 15.4. The minimum absolute atomic E-state index is 0.300. The maximum Gasteiger partial charge on any atom is 0.277 e. The molecule has 7 heteroatoms. The van der Waals surface area contributed by atoms with Gasteiger partial charge in [0.25, 0.3) is 5.91 Å². The van der Waals surface area contributed by atoms with E-state index in [1.165, 1.54) is 11.8 Å². The van der Waals surface area contributed by atoms with Crippen molar-refractivity contribution >= 4 is 17.7 Å². The van der Waals surface area contributed by atoms with Gasteiger partial charge >= 0.3 is 0 Å². The summed E-state index contributed by atoms with van der Waals surface area (Å²) < 4.78 is 5.17. The van der Waals surface area contributed by atoms with E-state index >= 15 is 0 Å². The van der Waals surface area contributed by atoms with Gasteiger partial charge in [-0.15, -0.1) is 11.8 Å². The number of pyridine rings is 1. The Labute approximate surface area is 155 Å². The average Bonchev–Trinajstić information content (AvgIpc) is 2.99. The Balaban J connectivity index is 1.61. The number of nitrogens with one attached hydrogen (secondary N) is 1. The number of hydrogen-bond donors (Lipinski definition) is 1. The maximum absolute atomic E-state index is 12.4. The first-order valence-electron chi connectivity index (χ1n) is 8.10. The molecule has 0 unspecified atom stereocenters. The van der Waals surface area contributed by atoms with Crippen molar-refractivity contribution in [2.24, 2.45) is 0 Å². The lowest BCUT2D eigenvalue weighted by Gasteiger charge is -2.09. The van der Waals surface area contributed by atoms with Crippen LogP contribution in [-0.2, 0) is 17.2 Å². The zero-order chi connectivity index (χ0) is 18.4. The second-order valence-electron chi connectivity index (χ2n) is 5.65. The Bertz CT molecular complexity index is 861. The van der Waals surface area contributed by atoms with E-state index < -0.39 is 0 Å². The molecule has 134 valence electrons. The highest BCUT2D eigenvalue weighted by atomic mass is 32.2. The van der Waals surface area contributed by atoms with E-state index in [4.69, 9.17) is 9.36 Å². The van der Waals surface area contributed by atoms with E-state index in [2.05, 4.69) is 15.6 Å². The molecule has 1 N–H and O–H groups in total. The number of aryl methyl sites for hydroxylation is 2. The van der Waals surface area contributed by atoms with Crippen molar-refractivity contribution in [1.82, 2.24) is 15.6 Å². The van der Waals surface area contributed by atoms with Gasteiger partial charge in [-0.3, -0.25) is 9.63 Å². The summed E-state index contributed by atoms with van der Waals surface area (Å²) in [5, 5.41) is 4.58. The van der Waals surface area contributed by atoms with Crippen LogP contribution in [0.2, 0.25) is 0 Å². The van der Waals surface area contributed by atoms with Crippen molar-refractivity contribution in [2.75, 3.05) is 0 Å². The summed E-state index contributed by atoms with van der Waals surface area (Å²) in [4.78, 5) is 22.1. The minimum Gasteiger partial charge on any atom is -0.361 e. The monoisotopic (exact) mass is 369 g/mol. The molecule has 6 nitrogen and oxygen atoms in total. The van der Waals surface area contributed by atoms with Gasteiger partial charge in [-0.1, -0.05) is 35.5 Å². The second kappa shape index (κ2) is 8.64. The molecule has 2 heterocycles. The zero-order valence-electron chi connectivity index (χ0n) is 14.6. The number of thioether (sulfide) groups is 1. The fourth-order valence-electron chi connectivity index (χ4n) is 2.34. The molecule has 0 fully saturated rings. The Morgan fingerprint density at radius 1 is 1.19 bits per heavy atom. The number of carbonyl (C=O) groups is 1. The molecular weight excluding hydrogens is 350 g/mol. The normalized spacial score (nSPS) is 10.7. The first-order chi connectivity index (χ1) is 12.6. The smallest absolute Gasteiger partial charge is 0.277 e. The van der Waals surface area contributed by atoms with Gasteiger partial charge in [-0.25, -0.2) is 10.5 Å². The fraction of sp³-hybridized carbons (Fsp3) is 0.211. The Kier molecular flexibility index (Phi) is 6.04. The number of hydrogen-bond acceptors (Lipinski definition) is 6. The summed E-state index contributed by atoms with van der Waals surface area (Å²) in [5.74, 6) is 1.09. The van der Waals surface area contributed by atoms with Crippen molar-refractivity contribution in [3.05, 3.63) is 76.8 Å². The molecule has 0 aliphatic heterocycles. The number of carbonyl (C=O) groups excluding carboxylic acids is 1. The molecule has 3 aromatic rings. The van der Waals surface area contributed by atoms with Crippen LogP contribution in [0.3, 0.4) is 0 Å². The van der Waals surface area contributed by atoms with Gasteiger partial charge < -0.3 is 4.52 Å². The first-order valence-corrected chi connectivity index (χ1v) is 9.09. The van der Waals surface area contributed by atoms with Gasteiger partial charge in [0.2, 0.25) is 0 Å². The molecule has 26 heavy (non-hydrogen) atoms. The predicted molar refractivity (Wildman–Crippen MR) is 98.5 cm³/mol. The Hall–Kier alpha value is -2.64. The van der Waals surface area contributed by atoms with E-state index in [1.807, 2.05) is 44.2 Å². The number of hydroxylamine groups is 1. The van der Waals surface area contributed by atoms with Crippen molar-refractivity contribution in [1.29, 1.82) is 0 Å². The van der Waals surface area contributed by atoms with Crippen LogP contribution in [-0.4, -0.2) is 16.0 Å². The number of rotatable bonds is 7. The summed E-state index contributed by atoms with van der Waals surface area (Å²) in [6.45, 7) is 4.07. The summed E-state index contributed by atoms with van der Waals surface area (Å²) in [6, 6.07) is 13.1. The van der Waals surface area contributed by atoms with Crippen LogP contribution in [0.5, 0.6) is 0 Å². The van der Waals surface area contributed by atoms with Gasteiger partial charge in [0.15, 0.2) is 0 Å². The van der Waals surface area contributed by atoms with Gasteiger partial charge in [-0.2, -0.15) is 0 Å². The highest BCUT2D eigenvalue weighted by Gasteiger charge is 2.15. The van der Waals surface area contributed by atoms with Crippen LogP contribution >= 0.6 is 11.8 Å². The van der Waals surface area contributed by atoms with Crippen LogP contribution in [0.25, 0.3) is 0 Å². The molecule has 1 aromatic carbocycles. The van der Waals surface area contributed by atoms with Crippen molar-refractivity contribution in [3.63, 3.8) is 0 Å².